The van der Waals surface area contributed by atoms with Crippen molar-refractivity contribution in [2.24, 2.45) is 0 Å². The molecule has 4 heterocycles. The van der Waals surface area contributed by atoms with Crippen LogP contribution in [0.1, 0.15) is 25.0 Å². The third-order valence-corrected chi connectivity index (χ3v) is 11.7. The number of esters is 1. The van der Waals surface area contributed by atoms with Gasteiger partial charge >= 0.3 is 5.97 Å². The highest BCUT2D eigenvalue weighted by Gasteiger charge is 2.52. The number of aromatic hydroxyl groups is 3. The molecule has 68 heavy (non-hydrogen) atoms. The number of benzene rings is 3. The largest absolute Gasteiger partial charge is 0.507 e. The van der Waals surface area contributed by atoms with Crippen LogP contribution in [0.2, 0.25) is 0 Å². The summed E-state index contributed by atoms with van der Waals surface area (Å²) in [6, 6.07) is 8.82. The normalized spacial score (nSPS) is 31.9. The smallest absolute Gasteiger partial charge is 0.330 e. The number of hydrogen-bond donors (Lipinski definition) is 11. The van der Waals surface area contributed by atoms with Crippen LogP contribution in [0.25, 0.3) is 28.4 Å². The molecule has 15 atom stereocenters. The number of hydrogen-bond acceptors (Lipinski definition) is 23. The Morgan fingerprint density at radius 1 is 0.691 bits per heavy atom. The van der Waals surface area contributed by atoms with Crippen molar-refractivity contribution in [1.29, 1.82) is 0 Å². The zero-order valence-corrected chi connectivity index (χ0v) is 36.9. The number of rotatable bonds is 13. The van der Waals surface area contributed by atoms with E-state index in [1.165, 1.54) is 58.4 Å². The third-order valence-electron chi connectivity index (χ3n) is 11.7. The molecule has 11 N–H and O–H groups in total. The molecule has 7 rings (SSSR count). The zero-order chi connectivity index (χ0) is 49.5. The van der Waals surface area contributed by atoms with Gasteiger partial charge in [0.15, 0.2) is 41.2 Å². The summed E-state index contributed by atoms with van der Waals surface area (Å²) in [5, 5.41) is 117. The summed E-state index contributed by atoms with van der Waals surface area (Å²) < 4.78 is 56.9. The van der Waals surface area contributed by atoms with E-state index < -0.39 is 133 Å². The topological polar surface area (TPSA) is 353 Å². The predicted molar refractivity (Wildman–Crippen MR) is 229 cm³/mol. The average molecular weight is 961 g/mol. The lowest BCUT2D eigenvalue weighted by Gasteiger charge is -2.45. The summed E-state index contributed by atoms with van der Waals surface area (Å²) in [5.74, 6) is -3.60. The average Bonchev–Trinajstić information content (AvgIpc) is 3.31. The molecular weight excluding hydrogens is 908 g/mol. The van der Waals surface area contributed by atoms with Crippen molar-refractivity contribution >= 4 is 23.0 Å². The molecule has 3 aliphatic rings. The van der Waals surface area contributed by atoms with Crippen LogP contribution in [0, 0.1) is 6.92 Å². The van der Waals surface area contributed by atoms with Gasteiger partial charge in [-0.05, 0) is 68.3 Å². The van der Waals surface area contributed by atoms with Gasteiger partial charge in [0.25, 0.3) is 0 Å². The highest BCUT2D eigenvalue weighted by Crippen LogP contribution is 2.41. The van der Waals surface area contributed by atoms with Crippen LogP contribution in [0.4, 0.5) is 0 Å². The molecule has 0 aliphatic carbocycles. The minimum Gasteiger partial charge on any atom is -0.507 e. The van der Waals surface area contributed by atoms with E-state index in [-0.39, 0.29) is 39.9 Å². The van der Waals surface area contributed by atoms with Crippen LogP contribution in [-0.2, 0) is 28.5 Å². The summed E-state index contributed by atoms with van der Waals surface area (Å²) in [6.45, 7) is 3.63. The summed E-state index contributed by atoms with van der Waals surface area (Å²) in [7, 11) is 2.59. The van der Waals surface area contributed by atoms with Gasteiger partial charge in [0.05, 0.1) is 26.4 Å². The number of carbonyl (C=O) groups is 1. The van der Waals surface area contributed by atoms with Crippen LogP contribution >= 0.6 is 0 Å². The molecule has 3 fully saturated rings. The molecule has 0 amide bonds. The second-order valence-corrected chi connectivity index (χ2v) is 16.4. The SMILES string of the molecule is COc1cc(-c2oc3cc(O[C@@H]4OC(C)[C@H](O)[C@H](O)C4O)cc(O)c3c(=O)c2O[C@@H]2OC(COC(=O)/C=C/c3cc(C)c(O)c(OC)c3)[C@@H](O)[C@H](O)C2O[C@@H]2OC(C)[C@H](O)[C@H](O)C2O)ccc1O. The van der Waals surface area contributed by atoms with E-state index in [0.717, 1.165) is 18.2 Å². The van der Waals surface area contributed by atoms with Crippen molar-refractivity contribution in [3.05, 3.63) is 69.9 Å². The zero-order valence-electron chi connectivity index (χ0n) is 36.9. The summed E-state index contributed by atoms with van der Waals surface area (Å²) in [5.41, 5.74) is -0.600. The van der Waals surface area contributed by atoms with Crippen LogP contribution in [0.5, 0.6) is 40.2 Å². The molecule has 1 aromatic heterocycles. The van der Waals surface area contributed by atoms with Crippen LogP contribution in [-0.4, -0.2) is 175 Å². The first-order chi connectivity index (χ1) is 32.2. The van der Waals surface area contributed by atoms with E-state index in [2.05, 4.69) is 0 Å². The fourth-order valence-electron chi connectivity index (χ4n) is 7.77. The van der Waals surface area contributed by atoms with E-state index in [0.29, 0.717) is 11.1 Å². The second-order valence-electron chi connectivity index (χ2n) is 16.4. The molecular formula is C45H52O23. The maximum Gasteiger partial charge on any atom is 0.330 e. The van der Waals surface area contributed by atoms with E-state index in [1.54, 1.807) is 13.0 Å². The third kappa shape index (κ3) is 10.0. The molecule has 0 bridgehead atoms. The Hall–Kier alpha value is -5.80. The monoisotopic (exact) mass is 960 g/mol. The Bertz CT molecular complexity index is 2540. The van der Waals surface area contributed by atoms with E-state index in [9.17, 15) is 65.8 Å². The lowest BCUT2D eigenvalue weighted by molar-refractivity contribution is -0.354. The number of ether oxygens (including phenoxy) is 9. The summed E-state index contributed by atoms with van der Waals surface area (Å²) in [6.07, 6.45) is -23.1. The van der Waals surface area contributed by atoms with Gasteiger partial charge in [0.1, 0.15) is 84.0 Å². The lowest BCUT2D eigenvalue weighted by atomic mass is 9.97. The molecule has 3 aliphatic heterocycles. The first-order valence-corrected chi connectivity index (χ1v) is 21.1. The van der Waals surface area contributed by atoms with Crippen LogP contribution in [0.15, 0.2) is 57.8 Å². The predicted octanol–water partition coefficient (Wildman–Crippen LogP) is -0.596. The minimum absolute atomic E-state index is 0.0130. The number of aliphatic hydroxyl groups excluding tert-OH is 8. The van der Waals surface area contributed by atoms with Crippen molar-refractivity contribution in [3.8, 4) is 51.6 Å². The number of phenols is 3. The first-order valence-electron chi connectivity index (χ1n) is 21.1. The molecule has 3 aromatic carbocycles. The maximum absolute atomic E-state index is 14.7. The Morgan fingerprint density at radius 3 is 2.00 bits per heavy atom. The fraction of sp³-hybridized carbons (Fsp3) is 0.467. The van der Waals surface area contributed by atoms with Gasteiger partial charge in [-0.2, -0.15) is 0 Å². The van der Waals surface area contributed by atoms with E-state index >= 15 is 0 Å². The fourth-order valence-corrected chi connectivity index (χ4v) is 7.77. The molecule has 370 valence electrons. The van der Waals surface area contributed by atoms with E-state index in [4.69, 9.17) is 47.0 Å². The summed E-state index contributed by atoms with van der Waals surface area (Å²) >= 11 is 0. The molecule has 23 heteroatoms. The van der Waals surface area contributed by atoms with Crippen molar-refractivity contribution in [2.75, 3.05) is 20.8 Å². The molecule has 0 radical (unpaired) electrons. The van der Waals surface area contributed by atoms with Gasteiger partial charge in [-0.1, -0.05) is 0 Å². The number of phenolic OH excluding ortho intramolecular Hbond substituents is 3. The van der Waals surface area contributed by atoms with Crippen molar-refractivity contribution in [3.63, 3.8) is 0 Å². The lowest BCUT2D eigenvalue weighted by Crippen LogP contribution is -2.64. The number of aliphatic hydroxyl groups is 8. The van der Waals surface area contributed by atoms with Crippen molar-refractivity contribution in [1.82, 2.24) is 0 Å². The second kappa shape index (κ2) is 20.4. The number of carbonyl (C=O) groups excluding carboxylic acids is 1. The van der Waals surface area contributed by atoms with Gasteiger partial charge < -0.3 is 103 Å². The maximum atomic E-state index is 14.7. The Morgan fingerprint density at radius 2 is 1.34 bits per heavy atom. The highest BCUT2D eigenvalue weighted by molar-refractivity contribution is 5.89. The summed E-state index contributed by atoms with van der Waals surface area (Å²) in [4.78, 5) is 27.6. The number of aryl methyl sites for hydroxylation is 1. The highest BCUT2D eigenvalue weighted by atomic mass is 16.8. The van der Waals surface area contributed by atoms with Crippen LogP contribution in [0.3, 0.4) is 0 Å². The van der Waals surface area contributed by atoms with Crippen molar-refractivity contribution < 1.29 is 108 Å². The van der Waals surface area contributed by atoms with Crippen molar-refractivity contribution in [2.45, 2.75) is 113 Å². The van der Waals surface area contributed by atoms with Gasteiger partial charge in [-0.15, -0.1) is 0 Å². The molecule has 6 unspecified atom stereocenters. The Labute approximate surface area is 385 Å². The minimum atomic E-state index is -2.08. The van der Waals surface area contributed by atoms with Crippen LogP contribution < -0.4 is 24.4 Å². The van der Waals surface area contributed by atoms with Gasteiger partial charge in [-0.25, -0.2) is 4.79 Å². The van der Waals surface area contributed by atoms with Gasteiger partial charge in [0.2, 0.25) is 23.8 Å². The Balaban J connectivity index is 1.26. The Kier molecular flexibility index (Phi) is 15.0. The molecule has 23 nitrogen and oxygen atoms in total. The number of methoxy groups -OCH3 is 2. The molecule has 0 spiro atoms. The molecule has 0 saturated carbocycles. The quantitative estimate of drug-likeness (QED) is 0.0589. The first kappa shape index (κ1) is 50.1. The molecule has 3 saturated heterocycles. The van der Waals surface area contributed by atoms with Gasteiger partial charge in [0, 0.05) is 23.8 Å². The standard InChI is InChI=1S/C45H52O23/c1-16-10-19(11-26(60-5)30(16)49)6-9-28(48)61-15-27-33(52)37(56)42(68-44-39(58)36(55)32(51)18(3)63-44)45(66-27)67-41-34(53)29-23(47)13-21(64-43-38(57)35(54)31(50)17(2)62-43)14-25(29)65-40(41)20-7-8-22(46)24(12-20)59-4/h6-14,17-18,27,31-33,35-39,42-47,49-52,54-58H,15H2,1-5H3/b9-6+/t17?,18?,27?,31-,32-,33+,35-,36-,37-,38?,39?,42?,43-,44-,45-/m0/s1. The van der Waals surface area contributed by atoms with E-state index in [1.807, 2.05) is 0 Å². The molecule has 4 aromatic rings. The van der Waals surface area contributed by atoms with Gasteiger partial charge in [-0.3, -0.25) is 4.79 Å². The number of fused-ring (bicyclic) bond motifs is 1.